The summed E-state index contributed by atoms with van der Waals surface area (Å²) in [5.41, 5.74) is 17.6. The highest BCUT2D eigenvalue weighted by Gasteiger charge is 2.48. The number of anilines is 3. The zero-order valence-corrected chi connectivity index (χ0v) is 33.1. The van der Waals surface area contributed by atoms with Crippen molar-refractivity contribution in [1.29, 1.82) is 0 Å². The molecule has 0 heterocycles. The third kappa shape index (κ3) is 5.78. The molecule has 0 bridgehead atoms. The van der Waals surface area contributed by atoms with Crippen LogP contribution in [0.15, 0.2) is 249 Å². The van der Waals surface area contributed by atoms with Crippen LogP contribution in [0.3, 0.4) is 0 Å². The van der Waals surface area contributed by atoms with Crippen molar-refractivity contribution in [2.24, 2.45) is 0 Å². The molecule has 0 aromatic heterocycles. The van der Waals surface area contributed by atoms with Crippen molar-refractivity contribution in [1.82, 2.24) is 0 Å². The first-order chi connectivity index (χ1) is 29.8. The summed E-state index contributed by atoms with van der Waals surface area (Å²) in [5, 5.41) is 2.40. The third-order valence-electron chi connectivity index (χ3n) is 12.3. The van der Waals surface area contributed by atoms with Gasteiger partial charge in [-0.15, -0.1) is 0 Å². The average molecular weight is 764 g/mol. The van der Waals surface area contributed by atoms with Gasteiger partial charge in [-0.05, 0) is 96.9 Å². The minimum Gasteiger partial charge on any atom is -0.309 e. The lowest BCUT2D eigenvalue weighted by atomic mass is 9.67. The van der Waals surface area contributed by atoms with E-state index >= 15 is 0 Å². The lowest BCUT2D eigenvalue weighted by molar-refractivity contribution is 0.769. The Balaban J connectivity index is 1.21. The van der Waals surface area contributed by atoms with E-state index in [1.54, 1.807) is 0 Å². The average Bonchev–Trinajstić information content (AvgIpc) is 3.63. The third-order valence-corrected chi connectivity index (χ3v) is 12.3. The first-order valence-electron chi connectivity index (χ1n) is 20.8. The standard InChI is InChI=1S/C59H41N/c1-5-20-42(21-6-1)45-25-19-30-50(40-45)60(49-38-36-44(37-39-49)52-32-16-15-31-51(52)43-22-7-2-8-23-43)58-53-33-14-13-24-46(53)41-56-57(58)54-34-17-18-35-55(54)59(56,47-26-9-3-10-27-47)48-28-11-4-12-29-48/h1-41H. The molecule has 0 amide bonds. The monoisotopic (exact) mass is 763 g/mol. The first-order valence-corrected chi connectivity index (χ1v) is 20.8. The van der Waals surface area contributed by atoms with Crippen LogP contribution >= 0.6 is 0 Å². The van der Waals surface area contributed by atoms with E-state index in [1.807, 2.05) is 0 Å². The molecule has 1 nitrogen and oxygen atoms in total. The Labute approximate surface area is 352 Å². The second-order valence-corrected chi connectivity index (χ2v) is 15.6. The molecule has 1 heteroatoms. The molecule has 0 N–H and O–H groups in total. The van der Waals surface area contributed by atoms with Gasteiger partial charge in [-0.3, -0.25) is 0 Å². The van der Waals surface area contributed by atoms with Crippen LogP contribution in [-0.4, -0.2) is 0 Å². The molecule has 60 heavy (non-hydrogen) atoms. The van der Waals surface area contributed by atoms with E-state index in [0.29, 0.717) is 0 Å². The molecular formula is C59H41N. The van der Waals surface area contributed by atoms with Crippen molar-refractivity contribution in [3.63, 3.8) is 0 Å². The largest absolute Gasteiger partial charge is 0.309 e. The maximum absolute atomic E-state index is 2.52. The molecule has 0 unspecified atom stereocenters. The molecule has 0 saturated carbocycles. The molecule has 0 atom stereocenters. The highest BCUT2D eigenvalue weighted by Crippen LogP contribution is 2.61. The quantitative estimate of drug-likeness (QED) is 0.149. The van der Waals surface area contributed by atoms with Crippen molar-refractivity contribution in [3.05, 3.63) is 271 Å². The molecule has 0 fully saturated rings. The van der Waals surface area contributed by atoms with Gasteiger partial charge in [0.15, 0.2) is 0 Å². The van der Waals surface area contributed by atoms with Crippen molar-refractivity contribution in [2.45, 2.75) is 5.41 Å². The molecule has 0 radical (unpaired) electrons. The molecule has 0 spiro atoms. The Kier molecular flexibility index (Phi) is 8.79. The summed E-state index contributed by atoms with van der Waals surface area (Å²) >= 11 is 0. The lowest BCUT2D eigenvalue weighted by Gasteiger charge is -2.35. The van der Waals surface area contributed by atoms with E-state index in [-0.39, 0.29) is 0 Å². The summed E-state index contributed by atoms with van der Waals surface area (Å²) in [6.45, 7) is 0. The SMILES string of the molecule is c1ccc(-c2cccc(N(c3ccc(-c4ccccc4-c4ccccc4)cc3)c3c4c(cc5ccccc35)C(c3ccccc3)(c3ccccc3)c3ccccc3-4)c2)cc1. The number of rotatable bonds is 8. The van der Waals surface area contributed by atoms with Crippen molar-refractivity contribution in [3.8, 4) is 44.5 Å². The van der Waals surface area contributed by atoms with Crippen LogP contribution in [-0.2, 0) is 5.41 Å². The van der Waals surface area contributed by atoms with Crippen molar-refractivity contribution < 1.29 is 0 Å². The second-order valence-electron chi connectivity index (χ2n) is 15.6. The van der Waals surface area contributed by atoms with Gasteiger partial charge in [-0.25, -0.2) is 0 Å². The van der Waals surface area contributed by atoms with Gasteiger partial charge in [0.05, 0.1) is 11.1 Å². The topological polar surface area (TPSA) is 3.24 Å². The van der Waals surface area contributed by atoms with Crippen LogP contribution in [0.1, 0.15) is 22.3 Å². The van der Waals surface area contributed by atoms with Gasteiger partial charge in [0, 0.05) is 22.3 Å². The summed E-state index contributed by atoms with van der Waals surface area (Å²) in [7, 11) is 0. The fourth-order valence-corrected chi connectivity index (χ4v) is 9.72. The minimum absolute atomic E-state index is 0.546. The van der Waals surface area contributed by atoms with Crippen LogP contribution in [0.5, 0.6) is 0 Å². The van der Waals surface area contributed by atoms with E-state index in [4.69, 9.17) is 0 Å². The highest BCUT2D eigenvalue weighted by molar-refractivity contribution is 6.11. The zero-order chi connectivity index (χ0) is 39.9. The van der Waals surface area contributed by atoms with Gasteiger partial charge in [0.1, 0.15) is 0 Å². The van der Waals surface area contributed by atoms with Gasteiger partial charge in [0.25, 0.3) is 0 Å². The fourth-order valence-electron chi connectivity index (χ4n) is 9.72. The Morgan fingerprint density at radius 1 is 0.300 bits per heavy atom. The van der Waals surface area contributed by atoms with E-state index in [0.717, 1.165) is 11.4 Å². The van der Waals surface area contributed by atoms with Crippen LogP contribution in [0.25, 0.3) is 55.3 Å². The van der Waals surface area contributed by atoms with Gasteiger partial charge in [0.2, 0.25) is 0 Å². The molecule has 10 aromatic rings. The Bertz CT molecular complexity index is 3080. The Morgan fingerprint density at radius 2 is 0.800 bits per heavy atom. The number of hydrogen-bond donors (Lipinski definition) is 0. The second kappa shape index (κ2) is 14.9. The molecule has 10 aromatic carbocycles. The van der Waals surface area contributed by atoms with Crippen LogP contribution < -0.4 is 4.90 Å². The summed E-state index contributed by atoms with van der Waals surface area (Å²) < 4.78 is 0. The number of nitrogens with zero attached hydrogens (tertiary/aromatic N) is 1. The van der Waals surface area contributed by atoms with E-state index in [1.165, 1.54) is 83.2 Å². The number of benzene rings is 10. The predicted octanol–water partition coefficient (Wildman–Crippen LogP) is 15.7. The zero-order valence-electron chi connectivity index (χ0n) is 33.1. The highest BCUT2D eigenvalue weighted by atomic mass is 15.1. The molecule has 1 aliphatic carbocycles. The molecule has 282 valence electrons. The summed E-state index contributed by atoms with van der Waals surface area (Å²) in [6, 6.07) is 91.1. The van der Waals surface area contributed by atoms with E-state index in [2.05, 4.69) is 254 Å². The number of fused-ring (bicyclic) bond motifs is 4. The maximum atomic E-state index is 2.52. The first kappa shape index (κ1) is 35.4. The van der Waals surface area contributed by atoms with Crippen LogP contribution in [0.4, 0.5) is 17.1 Å². The summed E-state index contributed by atoms with van der Waals surface area (Å²) in [6.07, 6.45) is 0. The number of hydrogen-bond acceptors (Lipinski definition) is 1. The van der Waals surface area contributed by atoms with E-state index < -0.39 is 5.41 Å². The van der Waals surface area contributed by atoms with E-state index in [9.17, 15) is 0 Å². The molecule has 0 saturated heterocycles. The summed E-state index contributed by atoms with van der Waals surface area (Å²) in [5.74, 6) is 0. The van der Waals surface area contributed by atoms with Crippen molar-refractivity contribution in [2.75, 3.05) is 4.90 Å². The maximum Gasteiger partial charge on any atom is 0.0714 e. The Hall–Kier alpha value is -7.74. The normalized spacial score (nSPS) is 12.5. The fraction of sp³-hybridized carbons (Fsp3) is 0.0169. The van der Waals surface area contributed by atoms with Gasteiger partial charge in [-0.2, -0.15) is 0 Å². The minimum atomic E-state index is -0.546. The van der Waals surface area contributed by atoms with Crippen molar-refractivity contribution >= 4 is 27.8 Å². The summed E-state index contributed by atoms with van der Waals surface area (Å²) in [4.78, 5) is 2.52. The van der Waals surface area contributed by atoms with Gasteiger partial charge >= 0.3 is 0 Å². The lowest BCUT2D eigenvalue weighted by Crippen LogP contribution is -2.28. The molecular weight excluding hydrogens is 723 g/mol. The molecule has 1 aliphatic rings. The van der Waals surface area contributed by atoms with Gasteiger partial charge < -0.3 is 4.90 Å². The van der Waals surface area contributed by atoms with Gasteiger partial charge in [-0.1, -0.05) is 218 Å². The molecule has 11 rings (SSSR count). The smallest absolute Gasteiger partial charge is 0.0714 e. The van der Waals surface area contributed by atoms with Crippen LogP contribution in [0, 0.1) is 0 Å². The molecule has 0 aliphatic heterocycles. The van der Waals surface area contributed by atoms with Crippen LogP contribution in [0.2, 0.25) is 0 Å². The predicted molar refractivity (Wildman–Crippen MR) is 252 cm³/mol. The Morgan fingerprint density at radius 3 is 1.45 bits per heavy atom.